The van der Waals surface area contributed by atoms with Gasteiger partial charge in [0.15, 0.2) is 0 Å². The summed E-state index contributed by atoms with van der Waals surface area (Å²) in [4.78, 5) is 2.37. The van der Waals surface area contributed by atoms with Crippen molar-refractivity contribution in [3.05, 3.63) is 249 Å². The van der Waals surface area contributed by atoms with Gasteiger partial charge in [0, 0.05) is 27.8 Å². The Bertz CT molecular complexity index is 3970. The third kappa shape index (κ3) is 6.34. The van der Waals surface area contributed by atoms with Crippen molar-refractivity contribution in [2.45, 2.75) is 0 Å². The average Bonchev–Trinajstić information content (AvgIpc) is 3.78. The summed E-state index contributed by atoms with van der Waals surface area (Å²) in [5.74, 6) is 0. The van der Waals surface area contributed by atoms with Crippen molar-refractivity contribution in [3.63, 3.8) is 0 Å². The van der Waals surface area contributed by atoms with Crippen LogP contribution >= 0.6 is 0 Å². The minimum absolute atomic E-state index is 0.898. The van der Waals surface area contributed by atoms with Gasteiger partial charge in [0.25, 0.3) is 0 Å². The maximum atomic E-state index is 6.28. The van der Waals surface area contributed by atoms with E-state index < -0.39 is 0 Å². The van der Waals surface area contributed by atoms with Crippen LogP contribution in [0.1, 0.15) is 0 Å². The fraction of sp³-hybridized carbons (Fsp3) is 0. The van der Waals surface area contributed by atoms with E-state index in [1.54, 1.807) is 0 Å². The van der Waals surface area contributed by atoms with Crippen LogP contribution in [0.15, 0.2) is 253 Å². The highest BCUT2D eigenvalue weighted by molar-refractivity contribution is 6.14. The van der Waals surface area contributed by atoms with Crippen LogP contribution in [-0.4, -0.2) is 0 Å². The van der Waals surface area contributed by atoms with Gasteiger partial charge in [0.2, 0.25) is 0 Å². The standard InChI is InChI=1S/C64H41NO/c1-3-15-52-44(11-1)33-39-59-54(18-8-21-57(52)59)46-27-25-42(26-28-46)43-29-35-49(36-30-43)65(50-37-31-47(32-38-50)56-20-10-24-63-64(56)61-17-5-6-23-62(61)66-63)51-14-7-13-48(41-51)55-19-9-22-58-53-16-4-2-12-45(53)34-40-60(55)58/h1-41H. The second-order valence-corrected chi connectivity index (χ2v) is 17.2. The summed E-state index contributed by atoms with van der Waals surface area (Å²) >= 11 is 0. The first-order chi connectivity index (χ1) is 32.7. The van der Waals surface area contributed by atoms with Gasteiger partial charge < -0.3 is 9.32 Å². The average molecular weight is 840 g/mol. The van der Waals surface area contributed by atoms with Crippen LogP contribution in [-0.2, 0) is 0 Å². The number of furan rings is 1. The number of anilines is 3. The molecule has 0 aliphatic heterocycles. The number of benzene rings is 12. The fourth-order valence-corrected chi connectivity index (χ4v) is 10.3. The zero-order valence-electron chi connectivity index (χ0n) is 36.0. The quantitative estimate of drug-likeness (QED) is 0.149. The molecule has 0 atom stereocenters. The van der Waals surface area contributed by atoms with E-state index in [2.05, 4.69) is 241 Å². The number of hydrogen-bond acceptors (Lipinski definition) is 2. The Balaban J connectivity index is 0.888. The minimum Gasteiger partial charge on any atom is -0.456 e. The molecule has 2 nitrogen and oxygen atoms in total. The van der Waals surface area contributed by atoms with Crippen molar-refractivity contribution in [1.29, 1.82) is 0 Å². The molecule has 0 fully saturated rings. The van der Waals surface area contributed by atoms with Gasteiger partial charge in [-0.3, -0.25) is 0 Å². The second kappa shape index (κ2) is 15.5. The molecule has 0 saturated heterocycles. The highest BCUT2D eigenvalue weighted by Crippen LogP contribution is 2.42. The normalized spacial score (nSPS) is 11.6. The van der Waals surface area contributed by atoms with Crippen molar-refractivity contribution in [2.24, 2.45) is 0 Å². The maximum absolute atomic E-state index is 6.28. The first-order valence-electron chi connectivity index (χ1n) is 22.7. The number of fused-ring (bicyclic) bond motifs is 9. The molecule has 0 spiro atoms. The molecule has 1 aromatic heterocycles. The molecule has 0 saturated carbocycles. The summed E-state index contributed by atoms with van der Waals surface area (Å²) in [6, 6.07) is 90.3. The summed E-state index contributed by atoms with van der Waals surface area (Å²) in [5, 5.41) is 12.4. The summed E-state index contributed by atoms with van der Waals surface area (Å²) in [6.45, 7) is 0. The Morgan fingerprint density at radius 1 is 0.242 bits per heavy atom. The summed E-state index contributed by atoms with van der Waals surface area (Å²) in [7, 11) is 0. The first-order valence-corrected chi connectivity index (χ1v) is 22.7. The molecular weight excluding hydrogens is 799 g/mol. The number of nitrogens with zero attached hydrogens (tertiary/aromatic N) is 1. The van der Waals surface area contributed by atoms with Crippen molar-refractivity contribution in [1.82, 2.24) is 0 Å². The van der Waals surface area contributed by atoms with Crippen molar-refractivity contribution >= 4 is 82.1 Å². The summed E-state index contributed by atoms with van der Waals surface area (Å²) < 4.78 is 6.28. The van der Waals surface area contributed by atoms with Crippen LogP contribution < -0.4 is 4.90 Å². The lowest BCUT2D eigenvalue weighted by atomic mass is 9.93. The Labute approximate surface area is 382 Å². The minimum atomic E-state index is 0.898. The fourth-order valence-electron chi connectivity index (χ4n) is 10.3. The molecule has 0 N–H and O–H groups in total. The van der Waals surface area contributed by atoms with Gasteiger partial charge in [0.1, 0.15) is 11.2 Å². The molecule has 13 rings (SSSR count). The van der Waals surface area contributed by atoms with E-state index >= 15 is 0 Å². The molecule has 66 heavy (non-hydrogen) atoms. The number of rotatable bonds is 7. The molecule has 0 bridgehead atoms. The molecule has 1 heterocycles. The zero-order valence-corrected chi connectivity index (χ0v) is 36.0. The molecule has 13 aromatic rings. The molecular formula is C64H41NO. The second-order valence-electron chi connectivity index (χ2n) is 17.2. The van der Waals surface area contributed by atoms with Gasteiger partial charge in [-0.1, -0.05) is 200 Å². The van der Waals surface area contributed by atoms with E-state index in [1.807, 2.05) is 12.1 Å². The maximum Gasteiger partial charge on any atom is 0.136 e. The summed E-state index contributed by atoms with van der Waals surface area (Å²) in [5.41, 5.74) is 14.5. The largest absolute Gasteiger partial charge is 0.456 e. The third-order valence-corrected chi connectivity index (χ3v) is 13.5. The van der Waals surface area contributed by atoms with Gasteiger partial charge >= 0.3 is 0 Å². The van der Waals surface area contributed by atoms with Crippen molar-refractivity contribution in [3.8, 4) is 44.5 Å². The van der Waals surface area contributed by atoms with E-state index in [1.165, 1.54) is 76.5 Å². The first kappa shape index (κ1) is 37.8. The van der Waals surface area contributed by atoms with Crippen LogP contribution in [0.25, 0.3) is 110 Å². The van der Waals surface area contributed by atoms with Crippen molar-refractivity contribution in [2.75, 3.05) is 4.90 Å². The van der Waals surface area contributed by atoms with Crippen LogP contribution in [0.3, 0.4) is 0 Å². The van der Waals surface area contributed by atoms with Crippen LogP contribution in [0.5, 0.6) is 0 Å². The monoisotopic (exact) mass is 839 g/mol. The molecule has 0 aliphatic rings. The van der Waals surface area contributed by atoms with Crippen LogP contribution in [0, 0.1) is 0 Å². The van der Waals surface area contributed by atoms with Gasteiger partial charge in [-0.15, -0.1) is 0 Å². The van der Waals surface area contributed by atoms with Gasteiger partial charge in [-0.05, 0) is 136 Å². The lowest BCUT2D eigenvalue weighted by molar-refractivity contribution is 0.669. The number of hydrogen-bond donors (Lipinski definition) is 0. The molecule has 308 valence electrons. The Morgan fingerprint density at radius 2 is 0.697 bits per heavy atom. The van der Waals surface area contributed by atoms with Gasteiger partial charge in [-0.2, -0.15) is 0 Å². The highest BCUT2D eigenvalue weighted by Gasteiger charge is 2.18. The van der Waals surface area contributed by atoms with Gasteiger partial charge in [-0.25, -0.2) is 0 Å². The van der Waals surface area contributed by atoms with E-state index in [-0.39, 0.29) is 0 Å². The molecule has 12 aromatic carbocycles. The van der Waals surface area contributed by atoms with Gasteiger partial charge in [0.05, 0.1) is 0 Å². The van der Waals surface area contributed by atoms with E-state index in [0.29, 0.717) is 0 Å². The highest BCUT2D eigenvalue weighted by atomic mass is 16.3. The third-order valence-electron chi connectivity index (χ3n) is 13.5. The van der Waals surface area contributed by atoms with Crippen LogP contribution in [0.4, 0.5) is 17.1 Å². The molecule has 0 aliphatic carbocycles. The molecule has 0 amide bonds. The Morgan fingerprint density at radius 3 is 1.35 bits per heavy atom. The Hall–Kier alpha value is -8.72. The van der Waals surface area contributed by atoms with Crippen molar-refractivity contribution < 1.29 is 4.42 Å². The predicted octanol–water partition coefficient (Wildman–Crippen LogP) is 18.3. The molecule has 0 unspecified atom stereocenters. The van der Waals surface area contributed by atoms with E-state index in [0.717, 1.165) is 50.1 Å². The lowest BCUT2D eigenvalue weighted by Gasteiger charge is -2.26. The van der Waals surface area contributed by atoms with Crippen LogP contribution in [0.2, 0.25) is 0 Å². The topological polar surface area (TPSA) is 16.4 Å². The lowest BCUT2D eigenvalue weighted by Crippen LogP contribution is -2.10. The SMILES string of the molecule is c1cc(-c2cccc3c2ccc2ccccc23)cc(N(c2ccc(-c3ccc(-c4cccc5c4ccc4ccccc45)cc3)cc2)c2ccc(-c3cccc4oc5ccccc5c34)cc2)c1. The molecule has 0 radical (unpaired) electrons. The molecule has 2 heteroatoms. The van der Waals surface area contributed by atoms with E-state index in [4.69, 9.17) is 4.42 Å². The zero-order chi connectivity index (χ0) is 43.6. The number of para-hydroxylation sites is 1. The Kier molecular flexibility index (Phi) is 8.89. The van der Waals surface area contributed by atoms with E-state index in [9.17, 15) is 0 Å². The smallest absolute Gasteiger partial charge is 0.136 e. The predicted molar refractivity (Wildman–Crippen MR) is 280 cm³/mol. The summed E-state index contributed by atoms with van der Waals surface area (Å²) in [6.07, 6.45) is 0.